The molecule has 1 aromatic rings. The van der Waals surface area contributed by atoms with Crippen LogP contribution in [-0.4, -0.2) is 17.1 Å². The minimum atomic E-state index is -1.10. The molecule has 0 amide bonds. The maximum absolute atomic E-state index is 12.6. The summed E-state index contributed by atoms with van der Waals surface area (Å²) in [7, 11) is 0. The summed E-state index contributed by atoms with van der Waals surface area (Å²) >= 11 is 0. The second-order valence-electron chi connectivity index (χ2n) is 2.99. The van der Waals surface area contributed by atoms with Crippen molar-refractivity contribution in [3.05, 3.63) is 29.6 Å². The van der Waals surface area contributed by atoms with Gasteiger partial charge in [-0.05, 0) is 17.7 Å². The van der Waals surface area contributed by atoms with Gasteiger partial charge in [0.15, 0.2) is 0 Å². The first-order valence-corrected chi connectivity index (χ1v) is 4.03. The standard InChI is InChI=1S/C9H11FN2O2.2ClH/c10-6-2-1-5(7(11)4-6)3-8(12)9(13)14;;/h1-2,4,8H,3,11-12H2,(H,13,14);2*1H/t8-;;/m0../s1. The molecule has 0 saturated heterocycles. The minimum Gasteiger partial charge on any atom is -0.480 e. The second-order valence-corrected chi connectivity index (χ2v) is 2.99. The van der Waals surface area contributed by atoms with E-state index in [4.69, 9.17) is 16.6 Å². The summed E-state index contributed by atoms with van der Waals surface area (Å²) in [5.74, 6) is -1.55. The number of carbonyl (C=O) groups is 1. The third-order valence-corrected chi connectivity index (χ3v) is 1.86. The molecule has 0 fully saturated rings. The van der Waals surface area contributed by atoms with Crippen molar-refractivity contribution in [3.63, 3.8) is 0 Å². The Morgan fingerprint density at radius 2 is 2.00 bits per heavy atom. The van der Waals surface area contributed by atoms with Crippen molar-refractivity contribution in [1.29, 1.82) is 0 Å². The maximum atomic E-state index is 12.6. The molecule has 92 valence electrons. The van der Waals surface area contributed by atoms with Gasteiger partial charge in [-0.3, -0.25) is 4.79 Å². The summed E-state index contributed by atoms with van der Waals surface area (Å²) in [6.07, 6.45) is 0.0987. The molecule has 0 spiro atoms. The van der Waals surface area contributed by atoms with Crippen molar-refractivity contribution in [2.45, 2.75) is 12.5 Å². The Morgan fingerprint density at radius 1 is 1.44 bits per heavy atom. The Balaban J connectivity index is 0. The van der Waals surface area contributed by atoms with Gasteiger partial charge in [0, 0.05) is 12.1 Å². The van der Waals surface area contributed by atoms with Crippen LogP contribution in [0, 0.1) is 5.82 Å². The average molecular weight is 271 g/mol. The first kappa shape index (κ1) is 17.4. The van der Waals surface area contributed by atoms with Crippen LogP contribution in [0.2, 0.25) is 0 Å². The number of carboxylic acid groups (broad SMARTS) is 1. The van der Waals surface area contributed by atoms with Crippen LogP contribution in [0.3, 0.4) is 0 Å². The Kier molecular flexibility index (Phi) is 7.89. The molecule has 0 saturated carbocycles. The summed E-state index contributed by atoms with van der Waals surface area (Å²) in [6, 6.07) is 2.79. The third kappa shape index (κ3) is 4.65. The van der Waals surface area contributed by atoms with Gasteiger partial charge in [-0.25, -0.2) is 4.39 Å². The lowest BCUT2D eigenvalue weighted by atomic mass is 10.0. The Labute approximate surface area is 105 Å². The number of benzene rings is 1. The van der Waals surface area contributed by atoms with E-state index in [1.165, 1.54) is 12.1 Å². The van der Waals surface area contributed by atoms with Crippen molar-refractivity contribution in [2.75, 3.05) is 5.73 Å². The van der Waals surface area contributed by atoms with Gasteiger partial charge >= 0.3 is 5.97 Å². The van der Waals surface area contributed by atoms with Gasteiger partial charge in [0.1, 0.15) is 11.9 Å². The quantitative estimate of drug-likeness (QED) is 0.721. The molecule has 0 aliphatic carbocycles. The predicted octanol–water partition coefficient (Wildman–Crippen LogP) is 1.21. The van der Waals surface area contributed by atoms with Crippen molar-refractivity contribution in [2.24, 2.45) is 5.73 Å². The molecule has 0 heterocycles. The molecule has 5 N–H and O–H groups in total. The van der Waals surface area contributed by atoms with Crippen LogP contribution in [0.15, 0.2) is 18.2 Å². The van der Waals surface area contributed by atoms with Crippen LogP contribution in [0.5, 0.6) is 0 Å². The summed E-state index contributed by atoms with van der Waals surface area (Å²) in [4.78, 5) is 10.4. The largest absolute Gasteiger partial charge is 0.480 e. The van der Waals surface area contributed by atoms with Crippen LogP contribution in [-0.2, 0) is 11.2 Å². The molecule has 0 aliphatic heterocycles. The monoisotopic (exact) mass is 270 g/mol. The maximum Gasteiger partial charge on any atom is 0.320 e. The Bertz CT molecular complexity index is 363. The molecular weight excluding hydrogens is 258 g/mol. The van der Waals surface area contributed by atoms with Crippen molar-refractivity contribution < 1.29 is 14.3 Å². The van der Waals surface area contributed by atoms with E-state index in [9.17, 15) is 9.18 Å². The Hall–Kier alpha value is -1.04. The molecule has 0 aromatic heterocycles. The predicted molar refractivity (Wildman–Crippen MR) is 64.6 cm³/mol. The van der Waals surface area contributed by atoms with E-state index in [2.05, 4.69) is 0 Å². The van der Waals surface area contributed by atoms with E-state index < -0.39 is 17.8 Å². The number of halogens is 3. The normalized spacial score (nSPS) is 10.9. The van der Waals surface area contributed by atoms with Crippen LogP contribution in [0.4, 0.5) is 10.1 Å². The number of nitrogens with two attached hydrogens (primary N) is 2. The number of rotatable bonds is 3. The van der Waals surface area contributed by atoms with Gasteiger partial charge in [-0.15, -0.1) is 24.8 Å². The highest BCUT2D eigenvalue weighted by Gasteiger charge is 2.13. The molecule has 1 rings (SSSR count). The molecule has 0 bridgehead atoms. The highest BCUT2D eigenvalue weighted by molar-refractivity contribution is 5.85. The molecule has 0 radical (unpaired) electrons. The molecule has 1 atom stereocenters. The van der Waals surface area contributed by atoms with E-state index in [0.717, 1.165) is 6.07 Å². The first-order chi connectivity index (χ1) is 6.50. The van der Waals surface area contributed by atoms with Crippen LogP contribution in [0.25, 0.3) is 0 Å². The van der Waals surface area contributed by atoms with E-state index >= 15 is 0 Å². The van der Waals surface area contributed by atoms with Gasteiger partial charge < -0.3 is 16.6 Å². The number of carboxylic acids is 1. The lowest BCUT2D eigenvalue weighted by Crippen LogP contribution is -2.32. The molecule has 0 unspecified atom stereocenters. The first-order valence-electron chi connectivity index (χ1n) is 4.03. The summed E-state index contributed by atoms with van der Waals surface area (Å²) in [5, 5.41) is 8.55. The molecular formula is C9H13Cl2FN2O2. The van der Waals surface area contributed by atoms with Gasteiger partial charge in [0.2, 0.25) is 0 Å². The zero-order valence-electron chi connectivity index (χ0n) is 8.22. The van der Waals surface area contributed by atoms with Crippen molar-refractivity contribution in [3.8, 4) is 0 Å². The number of hydrogen-bond acceptors (Lipinski definition) is 3. The number of anilines is 1. The van der Waals surface area contributed by atoms with Crippen LogP contribution < -0.4 is 11.5 Å². The molecule has 0 aliphatic rings. The lowest BCUT2D eigenvalue weighted by molar-refractivity contribution is -0.138. The minimum absolute atomic E-state index is 0. The van der Waals surface area contributed by atoms with E-state index in [0.29, 0.717) is 5.56 Å². The SMILES string of the molecule is Cl.Cl.Nc1cc(F)ccc1C[C@H](N)C(=O)O. The molecule has 7 heteroatoms. The highest BCUT2D eigenvalue weighted by atomic mass is 35.5. The zero-order valence-corrected chi connectivity index (χ0v) is 9.85. The summed E-state index contributed by atoms with van der Waals surface area (Å²) in [5.41, 5.74) is 11.6. The Morgan fingerprint density at radius 3 is 2.44 bits per heavy atom. The van der Waals surface area contributed by atoms with Gasteiger partial charge in [-0.1, -0.05) is 6.07 Å². The fourth-order valence-electron chi connectivity index (χ4n) is 1.08. The van der Waals surface area contributed by atoms with E-state index in [1.807, 2.05) is 0 Å². The molecule has 4 nitrogen and oxygen atoms in total. The van der Waals surface area contributed by atoms with Crippen LogP contribution in [0.1, 0.15) is 5.56 Å². The topological polar surface area (TPSA) is 89.3 Å². The number of hydrogen-bond donors (Lipinski definition) is 3. The number of nitrogen functional groups attached to an aromatic ring is 1. The number of aliphatic carboxylic acids is 1. The van der Waals surface area contributed by atoms with E-state index in [-0.39, 0.29) is 36.9 Å². The fraction of sp³-hybridized carbons (Fsp3) is 0.222. The second kappa shape index (κ2) is 7.27. The zero-order chi connectivity index (χ0) is 10.7. The average Bonchev–Trinajstić information content (AvgIpc) is 2.09. The lowest BCUT2D eigenvalue weighted by Gasteiger charge is -2.08. The fourth-order valence-corrected chi connectivity index (χ4v) is 1.08. The summed E-state index contributed by atoms with van der Waals surface area (Å²) < 4.78 is 12.6. The van der Waals surface area contributed by atoms with Crippen molar-refractivity contribution in [1.82, 2.24) is 0 Å². The van der Waals surface area contributed by atoms with Gasteiger partial charge in [0.05, 0.1) is 0 Å². The molecule has 1 aromatic carbocycles. The van der Waals surface area contributed by atoms with Crippen LogP contribution >= 0.6 is 24.8 Å². The van der Waals surface area contributed by atoms with Gasteiger partial charge in [0.25, 0.3) is 0 Å². The third-order valence-electron chi connectivity index (χ3n) is 1.86. The smallest absolute Gasteiger partial charge is 0.320 e. The van der Waals surface area contributed by atoms with E-state index in [1.54, 1.807) is 0 Å². The van der Waals surface area contributed by atoms with Crippen molar-refractivity contribution >= 4 is 36.5 Å². The van der Waals surface area contributed by atoms with Gasteiger partial charge in [-0.2, -0.15) is 0 Å². The highest BCUT2D eigenvalue weighted by Crippen LogP contribution is 2.14. The summed E-state index contributed by atoms with van der Waals surface area (Å²) in [6.45, 7) is 0. The molecule has 16 heavy (non-hydrogen) atoms.